The minimum Gasteiger partial charge on any atom is -0.396 e. The molecule has 2 aliphatic rings. The van der Waals surface area contributed by atoms with Gasteiger partial charge in [-0.05, 0) is 54.8 Å². The van der Waals surface area contributed by atoms with Gasteiger partial charge in [0.1, 0.15) is 0 Å². The molecule has 2 rings (SSSR count). The Kier molecular flexibility index (Phi) is 3.63. The predicted molar refractivity (Wildman–Crippen MR) is 68.2 cm³/mol. The van der Waals surface area contributed by atoms with E-state index in [0.717, 1.165) is 24.2 Å². The normalized spacial score (nSPS) is 45.4. The summed E-state index contributed by atoms with van der Waals surface area (Å²) < 4.78 is 0. The first-order valence-electron chi connectivity index (χ1n) is 7.20. The van der Waals surface area contributed by atoms with E-state index in [2.05, 4.69) is 20.8 Å². The van der Waals surface area contributed by atoms with Crippen LogP contribution in [0, 0.1) is 29.1 Å². The van der Waals surface area contributed by atoms with Gasteiger partial charge in [0, 0.05) is 6.61 Å². The molecule has 2 saturated carbocycles. The Morgan fingerprint density at radius 3 is 2.75 bits per heavy atom. The lowest BCUT2D eigenvalue weighted by atomic mass is 9.59. The summed E-state index contributed by atoms with van der Waals surface area (Å²) in [6.07, 6.45) is 8.16. The van der Waals surface area contributed by atoms with Crippen molar-refractivity contribution >= 4 is 0 Å². The van der Waals surface area contributed by atoms with Gasteiger partial charge in [0.15, 0.2) is 0 Å². The van der Waals surface area contributed by atoms with E-state index < -0.39 is 0 Å². The van der Waals surface area contributed by atoms with E-state index in [1.54, 1.807) is 0 Å². The Hall–Kier alpha value is -0.0400. The number of rotatable bonds is 3. The van der Waals surface area contributed by atoms with Crippen LogP contribution in [0.15, 0.2) is 0 Å². The summed E-state index contributed by atoms with van der Waals surface area (Å²) >= 11 is 0. The maximum absolute atomic E-state index is 9.13. The third-order valence-electron chi connectivity index (χ3n) is 5.82. The number of aliphatic hydroxyl groups excluding tert-OH is 1. The smallest absolute Gasteiger partial charge is 0.0433 e. The molecule has 0 radical (unpaired) electrons. The summed E-state index contributed by atoms with van der Waals surface area (Å²) in [6.45, 7) is 7.72. The Morgan fingerprint density at radius 1 is 1.31 bits per heavy atom. The van der Waals surface area contributed by atoms with Crippen molar-refractivity contribution in [2.24, 2.45) is 29.1 Å². The van der Waals surface area contributed by atoms with Gasteiger partial charge >= 0.3 is 0 Å². The molecule has 94 valence electrons. The average Bonchev–Trinajstić information content (AvgIpc) is 2.57. The van der Waals surface area contributed by atoms with Crippen molar-refractivity contribution in [1.29, 1.82) is 0 Å². The van der Waals surface area contributed by atoms with E-state index in [9.17, 15) is 0 Å². The van der Waals surface area contributed by atoms with Crippen molar-refractivity contribution in [2.45, 2.75) is 59.3 Å². The number of fused-ring (bicyclic) bond motifs is 1. The van der Waals surface area contributed by atoms with Gasteiger partial charge in [0.25, 0.3) is 0 Å². The van der Waals surface area contributed by atoms with Crippen LogP contribution in [0.2, 0.25) is 0 Å². The lowest BCUT2D eigenvalue weighted by Gasteiger charge is -2.46. The standard InChI is InChI=1S/C15H28O/c1-11-5-4-9-15(3)13(11)6-7-14(15)12(2)8-10-16/h11-14,16H,4-10H2,1-3H3/t11-,12-,13?,14?,15-/m0/s1. The lowest BCUT2D eigenvalue weighted by molar-refractivity contribution is 0.0316. The van der Waals surface area contributed by atoms with E-state index in [0.29, 0.717) is 17.9 Å². The van der Waals surface area contributed by atoms with Crippen LogP contribution in [0.5, 0.6) is 0 Å². The maximum Gasteiger partial charge on any atom is 0.0433 e. The lowest BCUT2D eigenvalue weighted by Crippen LogP contribution is -2.38. The van der Waals surface area contributed by atoms with Gasteiger partial charge < -0.3 is 5.11 Å². The zero-order valence-electron chi connectivity index (χ0n) is 11.2. The highest BCUT2D eigenvalue weighted by molar-refractivity contribution is 5.00. The molecular formula is C15H28O. The van der Waals surface area contributed by atoms with E-state index in [1.807, 2.05) is 0 Å². The average molecular weight is 224 g/mol. The summed E-state index contributed by atoms with van der Waals surface area (Å²) in [7, 11) is 0. The maximum atomic E-state index is 9.13. The Balaban J connectivity index is 2.11. The molecule has 2 fully saturated rings. The molecule has 1 N–H and O–H groups in total. The van der Waals surface area contributed by atoms with Crippen LogP contribution in [-0.4, -0.2) is 11.7 Å². The molecule has 2 unspecified atom stereocenters. The quantitative estimate of drug-likeness (QED) is 0.772. The molecular weight excluding hydrogens is 196 g/mol. The second kappa shape index (κ2) is 4.68. The molecule has 1 nitrogen and oxygen atoms in total. The molecule has 0 amide bonds. The van der Waals surface area contributed by atoms with Gasteiger partial charge in [0.2, 0.25) is 0 Å². The summed E-state index contributed by atoms with van der Waals surface area (Å²) in [5, 5.41) is 9.13. The molecule has 1 heteroatoms. The van der Waals surface area contributed by atoms with Gasteiger partial charge in [0.05, 0.1) is 0 Å². The van der Waals surface area contributed by atoms with E-state index in [4.69, 9.17) is 5.11 Å². The molecule has 5 atom stereocenters. The minimum absolute atomic E-state index is 0.369. The van der Waals surface area contributed by atoms with Crippen LogP contribution < -0.4 is 0 Å². The van der Waals surface area contributed by atoms with Crippen molar-refractivity contribution in [3.63, 3.8) is 0 Å². The Bertz CT molecular complexity index is 238. The first-order valence-corrected chi connectivity index (χ1v) is 7.20. The fourth-order valence-electron chi connectivity index (χ4n) is 4.94. The van der Waals surface area contributed by atoms with Gasteiger partial charge in [-0.25, -0.2) is 0 Å². The topological polar surface area (TPSA) is 20.2 Å². The summed E-state index contributed by atoms with van der Waals surface area (Å²) in [4.78, 5) is 0. The zero-order valence-corrected chi connectivity index (χ0v) is 11.2. The van der Waals surface area contributed by atoms with Crippen LogP contribution in [0.1, 0.15) is 59.3 Å². The van der Waals surface area contributed by atoms with Crippen LogP contribution >= 0.6 is 0 Å². The van der Waals surface area contributed by atoms with Crippen LogP contribution in [0.3, 0.4) is 0 Å². The fourth-order valence-corrected chi connectivity index (χ4v) is 4.94. The highest BCUT2D eigenvalue weighted by atomic mass is 16.3. The van der Waals surface area contributed by atoms with Crippen molar-refractivity contribution in [2.75, 3.05) is 6.61 Å². The van der Waals surface area contributed by atoms with Crippen molar-refractivity contribution < 1.29 is 5.11 Å². The van der Waals surface area contributed by atoms with Crippen LogP contribution in [0.4, 0.5) is 0 Å². The Morgan fingerprint density at radius 2 is 2.06 bits per heavy atom. The van der Waals surface area contributed by atoms with Crippen molar-refractivity contribution in [3.05, 3.63) is 0 Å². The molecule has 2 aliphatic carbocycles. The molecule has 0 heterocycles. The molecule has 16 heavy (non-hydrogen) atoms. The first kappa shape index (κ1) is 12.4. The molecule has 0 spiro atoms. The van der Waals surface area contributed by atoms with Gasteiger partial charge in [-0.3, -0.25) is 0 Å². The Labute approximate surface area is 101 Å². The van der Waals surface area contributed by atoms with Crippen LogP contribution in [-0.2, 0) is 0 Å². The first-order chi connectivity index (χ1) is 7.59. The number of aliphatic hydroxyl groups is 1. The predicted octanol–water partition coefficient (Wildman–Crippen LogP) is 3.86. The third kappa shape index (κ3) is 1.92. The second-order valence-electron chi connectivity index (χ2n) is 6.66. The highest BCUT2D eigenvalue weighted by Gasteiger charge is 2.50. The molecule has 0 bridgehead atoms. The molecule has 0 saturated heterocycles. The molecule has 0 aromatic heterocycles. The molecule has 0 aliphatic heterocycles. The second-order valence-corrected chi connectivity index (χ2v) is 6.66. The van der Waals surface area contributed by atoms with Gasteiger partial charge in [-0.1, -0.05) is 33.6 Å². The highest BCUT2D eigenvalue weighted by Crippen LogP contribution is 2.59. The largest absolute Gasteiger partial charge is 0.396 e. The fraction of sp³-hybridized carbons (Fsp3) is 1.00. The molecule has 0 aromatic carbocycles. The monoisotopic (exact) mass is 224 g/mol. The summed E-state index contributed by atoms with van der Waals surface area (Å²) in [6, 6.07) is 0. The van der Waals surface area contributed by atoms with E-state index in [1.165, 1.54) is 32.1 Å². The van der Waals surface area contributed by atoms with E-state index >= 15 is 0 Å². The van der Waals surface area contributed by atoms with E-state index in [-0.39, 0.29) is 0 Å². The van der Waals surface area contributed by atoms with Gasteiger partial charge in [-0.15, -0.1) is 0 Å². The zero-order chi connectivity index (χ0) is 11.8. The number of hydrogen-bond acceptors (Lipinski definition) is 1. The molecule has 0 aromatic rings. The summed E-state index contributed by atoms with van der Waals surface area (Å²) in [5.41, 5.74) is 0.590. The third-order valence-corrected chi connectivity index (χ3v) is 5.82. The summed E-state index contributed by atoms with van der Waals surface area (Å²) in [5.74, 6) is 3.48. The van der Waals surface area contributed by atoms with Crippen molar-refractivity contribution in [1.82, 2.24) is 0 Å². The van der Waals surface area contributed by atoms with Crippen LogP contribution in [0.25, 0.3) is 0 Å². The van der Waals surface area contributed by atoms with Gasteiger partial charge in [-0.2, -0.15) is 0 Å². The van der Waals surface area contributed by atoms with Crippen molar-refractivity contribution in [3.8, 4) is 0 Å². The SMILES string of the molecule is C[C@@H](CCO)C1CCC2[C@@H](C)CCC[C@]12C. The minimum atomic E-state index is 0.369. The number of hydrogen-bond donors (Lipinski definition) is 1.